The summed E-state index contributed by atoms with van der Waals surface area (Å²) < 4.78 is 5.10. The summed E-state index contributed by atoms with van der Waals surface area (Å²) >= 11 is 0. The number of carbonyl (C=O) groups is 2. The minimum atomic E-state index is -1.09. The molecule has 0 saturated carbocycles. The zero-order valence-corrected chi connectivity index (χ0v) is 12.3. The molecule has 0 aromatic heterocycles. The fraction of sp³-hybridized carbons (Fsp3) is 0.467. The normalized spacial score (nSPS) is 21.1. The van der Waals surface area contributed by atoms with E-state index in [1.807, 2.05) is 0 Å². The number of amides is 2. The standard InChI is InChI=1S/C15H20N2O4/c1-3-15(13(18)19)8-5-9-17(15)14(20)16-11-6-4-7-12(10-11)21-2/h4,6-7,10H,3,5,8-9H2,1-2H3,(H,16,20)(H,18,19). The number of rotatable bonds is 4. The quantitative estimate of drug-likeness (QED) is 0.894. The van der Waals surface area contributed by atoms with Crippen LogP contribution in [0.15, 0.2) is 24.3 Å². The zero-order chi connectivity index (χ0) is 15.5. The van der Waals surface area contributed by atoms with Gasteiger partial charge < -0.3 is 20.1 Å². The summed E-state index contributed by atoms with van der Waals surface area (Å²) in [6, 6.07) is 6.60. The van der Waals surface area contributed by atoms with Crippen molar-refractivity contribution >= 4 is 17.7 Å². The van der Waals surface area contributed by atoms with Gasteiger partial charge in [-0.25, -0.2) is 9.59 Å². The second-order valence-electron chi connectivity index (χ2n) is 5.11. The van der Waals surface area contributed by atoms with Crippen molar-refractivity contribution in [3.8, 4) is 5.75 Å². The molecule has 2 N–H and O–H groups in total. The van der Waals surface area contributed by atoms with Crippen LogP contribution in [0.25, 0.3) is 0 Å². The third-order valence-electron chi connectivity index (χ3n) is 4.04. The van der Waals surface area contributed by atoms with Crippen molar-refractivity contribution in [2.75, 3.05) is 19.0 Å². The van der Waals surface area contributed by atoms with Crippen LogP contribution in [-0.4, -0.2) is 41.2 Å². The van der Waals surface area contributed by atoms with Crippen LogP contribution in [-0.2, 0) is 4.79 Å². The molecule has 1 aliphatic heterocycles. The van der Waals surface area contributed by atoms with Crippen LogP contribution in [0, 0.1) is 0 Å². The van der Waals surface area contributed by atoms with E-state index in [0.29, 0.717) is 37.2 Å². The number of hydrogen-bond donors (Lipinski definition) is 2. The smallest absolute Gasteiger partial charge is 0.329 e. The topological polar surface area (TPSA) is 78.9 Å². The van der Waals surface area contributed by atoms with E-state index in [4.69, 9.17) is 4.74 Å². The van der Waals surface area contributed by atoms with E-state index in [0.717, 1.165) is 0 Å². The number of methoxy groups -OCH3 is 1. The molecule has 21 heavy (non-hydrogen) atoms. The van der Waals surface area contributed by atoms with Gasteiger partial charge in [0.05, 0.1) is 7.11 Å². The van der Waals surface area contributed by atoms with Crippen LogP contribution in [0.4, 0.5) is 10.5 Å². The number of ether oxygens (including phenoxy) is 1. The first-order chi connectivity index (χ1) is 10.0. The third kappa shape index (κ3) is 2.79. The Kier molecular flexibility index (Phi) is 4.35. The highest BCUT2D eigenvalue weighted by Crippen LogP contribution is 2.33. The molecule has 1 aliphatic rings. The molecular weight excluding hydrogens is 272 g/mol. The molecule has 1 aromatic rings. The summed E-state index contributed by atoms with van der Waals surface area (Å²) in [7, 11) is 1.55. The van der Waals surface area contributed by atoms with Gasteiger partial charge in [0.15, 0.2) is 0 Å². The van der Waals surface area contributed by atoms with Crippen LogP contribution >= 0.6 is 0 Å². The fourth-order valence-corrected chi connectivity index (χ4v) is 2.81. The molecule has 2 rings (SSSR count). The van der Waals surface area contributed by atoms with Crippen molar-refractivity contribution in [1.82, 2.24) is 4.90 Å². The lowest BCUT2D eigenvalue weighted by atomic mass is 9.93. The van der Waals surface area contributed by atoms with Crippen LogP contribution < -0.4 is 10.1 Å². The highest BCUT2D eigenvalue weighted by Gasteiger charge is 2.48. The lowest BCUT2D eigenvalue weighted by Crippen LogP contribution is -2.54. The van der Waals surface area contributed by atoms with E-state index in [1.165, 1.54) is 4.90 Å². The number of carboxylic acid groups (broad SMARTS) is 1. The Balaban J connectivity index is 2.17. The maximum Gasteiger partial charge on any atom is 0.329 e. The van der Waals surface area contributed by atoms with E-state index < -0.39 is 11.5 Å². The van der Waals surface area contributed by atoms with Gasteiger partial charge in [0.1, 0.15) is 11.3 Å². The Morgan fingerprint density at radius 1 is 1.48 bits per heavy atom. The SMILES string of the molecule is CCC1(C(=O)O)CCCN1C(=O)Nc1cccc(OC)c1. The lowest BCUT2D eigenvalue weighted by Gasteiger charge is -2.33. The van der Waals surface area contributed by atoms with Gasteiger partial charge in [-0.15, -0.1) is 0 Å². The van der Waals surface area contributed by atoms with Gasteiger partial charge in [0.25, 0.3) is 0 Å². The Morgan fingerprint density at radius 3 is 2.86 bits per heavy atom. The predicted molar refractivity (Wildman–Crippen MR) is 78.6 cm³/mol. The number of nitrogens with one attached hydrogen (secondary N) is 1. The van der Waals surface area contributed by atoms with Crippen molar-refractivity contribution in [3.63, 3.8) is 0 Å². The lowest BCUT2D eigenvalue weighted by molar-refractivity contribution is -0.148. The third-order valence-corrected chi connectivity index (χ3v) is 4.04. The molecule has 114 valence electrons. The Labute approximate surface area is 123 Å². The molecule has 0 bridgehead atoms. The minimum Gasteiger partial charge on any atom is -0.497 e. The second kappa shape index (κ2) is 6.03. The van der Waals surface area contributed by atoms with Gasteiger partial charge in [0, 0.05) is 18.3 Å². The molecule has 6 nitrogen and oxygen atoms in total. The molecule has 1 aromatic carbocycles. The highest BCUT2D eigenvalue weighted by molar-refractivity contribution is 5.94. The van der Waals surface area contributed by atoms with Crippen LogP contribution in [0.1, 0.15) is 26.2 Å². The van der Waals surface area contributed by atoms with E-state index in [2.05, 4.69) is 5.32 Å². The summed E-state index contributed by atoms with van der Waals surface area (Å²) in [5, 5.41) is 12.2. The van der Waals surface area contributed by atoms with Gasteiger partial charge in [0.2, 0.25) is 0 Å². The molecule has 1 fully saturated rings. The molecule has 0 spiro atoms. The molecule has 0 aliphatic carbocycles. The van der Waals surface area contributed by atoms with E-state index in [1.54, 1.807) is 38.3 Å². The second-order valence-corrected chi connectivity index (χ2v) is 5.11. The monoisotopic (exact) mass is 292 g/mol. The average molecular weight is 292 g/mol. The van der Waals surface area contributed by atoms with E-state index in [9.17, 15) is 14.7 Å². The van der Waals surface area contributed by atoms with E-state index in [-0.39, 0.29) is 6.03 Å². The maximum atomic E-state index is 12.4. The largest absolute Gasteiger partial charge is 0.497 e. The maximum absolute atomic E-state index is 12.4. The first-order valence-electron chi connectivity index (χ1n) is 6.99. The molecule has 1 atom stereocenters. The summed E-state index contributed by atoms with van der Waals surface area (Å²) in [6.07, 6.45) is 1.59. The number of hydrogen-bond acceptors (Lipinski definition) is 3. The average Bonchev–Trinajstić information content (AvgIpc) is 2.92. The number of carboxylic acids is 1. The first-order valence-corrected chi connectivity index (χ1v) is 6.99. The number of nitrogens with zero attached hydrogens (tertiary/aromatic N) is 1. The van der Waals surface area contributed by atoms with Crippen molar-refractivity contribution in [1.29, 1.82) is 0 Å². The Bertz CT molecular complexity index is 546. The van der Waals surface area contributed by atoms with Crippen LogP contribution in [0.3, 0.4) is 0 Å². The van der Waals surface area contributed by atoms with Gasteiger partial charge in [-0.2, -0.15) is 0 Å². The molecular formula is C15H20N2O4. The summed E-state index contributed by atoms with van der Waals surface area (Å²) in [5.41, 5.74) is -0.509. The van der Waals surface area contributed by atoms with Gasteiger partial charge in [-0.1, -0.05) is 13.0 Å². The number of aliphatic carboxylic acids is 1. The Hall–Kier alpha value is -2.24. The molecule has 1 heterocycles. The number of carbonyl (C=O) groups excluding carboxylic acids is 1. The molecule has 6 heteroatoms. The molecule has 1 unspecified atom stereocenters. The Morgan fingerprint density at radius 2 is 2.24 bits per heavy atom. The molecule has 1 saturated heterocycles. The van der Waals surface area contributed by atoms with Gasteiger partial charge >= 0.3 is 12.0 Å². The molecule has 0 radical (unpaired) electrons. The van der Waals surface area contributed by atoms with Crippen molar-refractivity contribution < 1.29 is 19.4 Å². The van der Waals surface area contributed by atoms with E-state index >= 15 is 0 Å². The highest BCUT2D eigenvalue weighted by atomic mass is 16.5. The fourth-order valence-electron chi connectivity index (χ4n) is 2.81. The van der Waals surface area contributed by atoms with Crippen molar-refractivity contribution in [2.24, 2.45) is 0 Å². The molecule has 2 amide bonds. The zero-order valence-electron chi connectivity index (χ0n) is 12.3. The predicted octanol–water partition coefficient (Wildman–Crippen LogP) is 2.56. The number of likely N-dealkylation sites (tertiary alicyclic amines) is 1. The van der Waals surface area contributed by atoms with Gasteiger partial charge in [-0.3, -0.25) is 0 Å². The first kappa shape index (κ1) is 15.2. The number of benzene rings is 1. The minimum absolute atomic E-state index is 0.384. The van der Waals surface area contributed by atoms with Crippen molar-refractivity contribution in [2.45, 2.75) is 31.7 Å². The summed E-state index contributed by atoms with van der Waals surface area (Å²) in [4.78, 5) is 25.4. The number of anilines is 1. The van der Waals surface area contributed by atoms with Crippen LogP contribution in [0.2, 0.25) is 0 Å². The van der Waals surface area contributed by atoms with Crippen molar-refractivity contribution in [3.05, 3.63) is 24.3 Å². The number of urea groups is 1. The summed E-state index contributed by atoms with van der Waals surface area (Å²) in [6.45, 7) is 2.25. The summed E-state index contributed by atoms with van der Waals surface area (Å²) in [5.74, 6) is -0.308. The van der Waals surface area contributed by atoms with Gasteiger partial charge in [-0.05, 0) is 31.4 Å². The van der Waals surface area contributed by atoms with Crippen LogP contribution in [0.5, 0.6) is 5.75 Å².